The first-order valence-electron chi connectivity index (χ1n) is 4.91. The number of hydrogen-bond donors (Lipinski definition) is 1. The molecule has 0 atom stereocenters. The number of unbranched alkanes of at least 4 members (excludes halogenated alkanes) is 1. The molecule has 0 heterocycles. The molecule has 84 valence electrons. The summed E-state index contributed by atoms with van der Waals surface area (Å²) >= 11 is 9.50. The molecule has 2 nitrogen and oxygen atoms in total. The van der Waals surface area contributed by atoms with Crippen LogP contribution in [0.1, 0.15) is 18.4 Å². The van der Waals surface area contributed by atoms with Crippen molar-refractivity contribution in [2.75, 3.05) is 13.7 Å². The van der Waals surface area contributed by atoms with Gasteiger partial charge in [0.15, 0.2) is 0 Å². The summed E-state index contributed by atoms with van der Waals surface area (Å²) in [5.41, 5.74) is 6.63. The zero-order valence-electron chi connectivity index (χ0n) is 8.72. The average molecular weight is 293 g/mol. The number of methoxy groups -OCH3 is 1. The highest BCUT2D eigenvalue weighted by atomic mass is 79.9. The van der Waals surface area contributed by atoms with E-state index in [1.54, 1.807) is 13.2 Å². The lowest BCUT2D eigenvalue weighted by Gasteiger charge is -2.09. The fraction of sp³-hybridized carbons (Fsp3) is 0.455. The van der Waals surface area contributed by atoms with Gasteiger partial charge < -0.3 is 10.5 Å². The maximum absolute atomic E-state index is 5.99. The highest BCUT2D eigenvalue weighted by molar-refractivity contribution is 9.10. The minimum Gasteiger partial charge on any atom is -0.496 e. The Morgan fingerprint density at radius 1 is 1.40 bits per heavy atom. The van der Waals surface area contributed by atoms with Crippen LogP contribution in [-0.4, -0.2) is 13.7 Å². The molecule has 0 radical (unpaired) electrons. The van der Waals surface area contributed by atoms with Crippen molar-refractivity contribution in [3.63, 3.8) is 0 Å². The monoisotopic (exact) mass is 291 g/mol. The second-order valence-electron chi connectivity index (χ2n) is 3.33. The standard InChI is InChI=1S/C11H15BrClNO/c1-15-10-7-9(13)6-8(11(10)12)4-2-3-5-14/h6-7H,2-5,14H2,1H3. The molecule has 0 bridgehead atoms. The van der Waals surface area contributed by atoms with Gasteiger partial charge in [-0.2, -0.15) is 0 Å². The Morgan fingerprint density at radius 2 is 2.13 bits per heavy atom. The topological polar surface area (TPSA) is 35.2 Å². The zero-order valence-corrected chi connectivity index (χ0v) is 11.1. The van der Waals surface area contributed by atoms with E-state index in [4.69, 9.17) is 22.1 Å². The van der Waals surface area contributed by atoms with Gasteiger partial charge in [-0.05, 0) is 59.4 Å². The third kappa shape index (κ3) is 3.67. The minimum absolute atomic E-state index is 0.706. The molecular weight excluding hydrogens is 277 g/mol. The summed E-state index contributed by atoms with van der Waals surface area (Å²) in [6.07, 6.45) is 3.06. The third-order valence-electron chi connectivity index (χ3n) is 2.20. The molecule has 0 amide bonds. The van der Waals surface area contributed by atoms with Crippen LogP contribution in [0.25, 0.3) is 0 Å². The van der Waals surface area contributed by atoms with Gasteiger partial charge in [-0.25, -0.2) is 0 Å². The Bertz CT molecular complexity index is 331. The Labute approximate surface area is 104 Å². The van der Waals surface area contributed by atoms with Gasteiger partial charge in [0.1, 0.15) is 5.75 Å². The number of hydrogen-bond acceptors (Lipinski definition) is 2. The Balaban J connectivity index is 2.81. The average Bonchev–Trinajstić information content (AvgIpc) is 2.23. The van der Waals surface area contributed by atoms with Crippen molar-refractivity contribution in [1.82, 2.24) is 0 Å². The molecule has 1 aromatic carbocycles. The van der Waals surface area contributed by atoms with Gasteiger partial charge >= 0.3 is 0 Å². The van der Waals surface area contributed by atoms with Crippen molar-refractivity contribution in [3.05, 3.63) is 27.2 Å². The first-order valence-corrected chi connectivity index (χ1v) is 6.08. The van der Waals surface area contributed by atoms with Crippen LogP contribution >= 0.6 is 27.5 Å². The Morgan fingerprint density at radius 3 is 2.73 bits per heavy atom. The van der Waals surface area contributed by atoms with Gasteiger partial charge in [-0.3, -0.25) is 0 Å². The molecule has 0 saturated heterocycles. The van der Waals surface area contributed by atoms with Gasteiger partial charge in [0.2, 0.25) is 0 Å². The molecule has 1 rings (SSSR count). The van der Waals surface area contributed by atoms with E-state index < -0.39 is 0 Å². The molecule has 1 aromatic rings. The van der Waals surface area contributed by atoms with Crippen LogP contribution in [0.2, 0.25) is 5.02 Å². The summed E-state index contributed by atoms with van der Waals surface area (Å²) < 4.78 is 6.21. The highest BCUT2D eigenvalue weighted by Crippen LogP contribution is 2.32. The van der Waals surface area contributed by atoms with Gasteiger partial charge in [0.25, 0.3) is 0 Å². The smallest absolute Gasteiger partial charge is 0.134 e. The van der Waals surface area contributed by atoms with Crippen molar-refractivity contribution in [2.45, 2.75) is 19.3 Å². The zero-order chi connectivity index (χ0) is 11.3. The molecule has 15 heavy (non-hydrogen) atoms. The maximum atomic E-state index is 5.99. The number of aryl methyl sites for hydroxylation is 1. The lowest BCUT2D eigenvalue weighted by Crippen LogP contribution is -1.99. The number of nitrogens with two attached hydrogens (primary N) is 1. The van der Waals surface area contributed by atoms with E-state index in [1.165, 1.54) is 5.56 Å². The molecule has 0 aliphatic rings. The Kier molecular flexibility index (Phi) is 5.43. The van der Waals surface area contributed by atoms with E-state index in [0.717, 1.165) is 36.0 Å². The van der Waals surface area contributed by atoms with Crippen LogP contribution in [0.15, 0.2) is 16.6 Å². The SMILES string of the molecule is COc1cc(Cl)cc(CCCCN)c1Br. The first-order chi connectivity index (χ1) is 7.19. The Hall–Kier alpha value is -0.250. The van der Waals surface area contributed by atoms with Crippen LogP contribution in [0, 0.1) is 0 Å². The van der Waals surface area contributed by atoms with Gasteiger partial charge in [0, 0.05) is 5.02 Å². The highest BCUT2D eigenvalue weighted by Gasteiger charge is 2.07. The second kappa shape index (κ2) is 6.36. The molecule has 0 aromatic heterocycles. The number of rotatable bonds is 5. The fourth-order valence-electron chi connectivity index (χ4n) is 1.41. The predicted octanol–water partition coefficient (Wildman–Crippen LogP) is 3.39. The lowest BCUT2D eigenvalue weighted by atomic mass is 10.1. The molecule has 4 heteroatoms. The van der Waals surface area contributed by atoms with E-state index in [2.05, 4.69) is 15.9 Å². The molecular formula is C11H15BrClNO. The molecule has 0 aliphatic heterocycles. The van der Waals surface area contributed by atoms with Crippen LogP contribution in [-0.2, 0) is 6.42 Å². The molecule has 2 N–H and O–H groups in total. The summed E-state index contributed by atoms with van der Waals surface area (Å²) in [4.78, 5) is 0. The fourth-order valence-corrected chi connectivity index (χ4v) is 2.23. The van der Waals surface area contributed by atoms with Crippen molar-refractivity contribution >= 4 is 27.5 Å². The summed E-state index contributed by atoms with van der Waals surface area (Å²) in [7, 11) is 1.64. The summed E-state index contributed by atoms with van der Waals surface area (Å²) in [6.45, 7) is 0.731. The second-order valence-corrected chi connectivity index (χ2v) is 4.56. The predicted molar refractivity (Wildman–Crippen MR) is 67.7 cm³/mol. The molecule has 0 saturated carbocycles. The summed E-state index contributed by atoms with van der Waals surface area (Å²) in [5.74, 6) is 0.783. The summed E-state index contributed by atoms with van der Waals surface area (Å²) in [6, 6.07) is 3.77. The van der Waals surface area contributed by atoms with Gasteiger partial charge in [-0.15, -0.1) is 0 Å². The lowest BCUT2D eigenvalue weighted by molar-refractivity contribution is 0.411. The molecule has 0 fully saturated rings. The van der Waals surface area contributed by atoms with E-state index in [0.29, 0.717) is 5.02 Å². The van der Waals surface area contributed by atoms with Crippen molar-refractivity contribution in [3.8, 4) is 5.75 Å². The van der Waals surface area contributed by atoms with Gasteiger partial charge in [0.05, 0.1) is 11.6 Å². The van der Waals surface area contributed by atoms with Crippen LogP contribution in [0.4, 0.5) is 0 Å². The first kappa shape index (κ1) is 12.8. The van der Waals surface area contributed by atoms with Crippen molar-refractivity contribution < 1.29 is 4.74 Å². The maximum Gasteiger partial charge on any atom is 0.134 e. The van der Waals surface area contributed by atoms with Crippen LogP contribution < -0.4 is 10.5 Å². The van der Waals surface area contributed by atoms with Gasteiger partial charge in [-0.1, -0.05) is 11.6 Å². The van der Waals surface area contributed by atoms with E-state index in [1.807, 2.05) is 6.07 Å². The quantitative estimate of drug-likeness (QED) is 0.844. The normalized spacial score (nSPS) is 10.4. The van der Waals surface area contributed by atoms with Crippen molar-refractivity contribution in [1.29, 1.82) is 0 Å². The number of ether oxygens (including phenoxy) is 1. The third-order valence-corrected chi connectivity index (χ3v) is 3.32. The molecule has 0 unspecified atom stereocenters. The molecule has 0 spiro atoms. The minimum atomic E-state index is 0.706. The van der Waals surface area contributed by atoms with Crippen LogP contribution in [0.3, 0.4) is 0 Å². The van der Waals surface area contributed by atoms with E-state index in [9.17, 15) is 0 Å². The van der Waals surface area contributed by atoms with E-state index >= 15 is 0 Å². The van der Waals surface area contributed by atoms with E-state index in [-0.39, 0.29) is 0 Å². The summed E-state index contributed by atoms with van der Waals surface area (Å²) in [5, 5.41) is 0.706. The number of benzene rings is 1. The van der Waals surface area contributed by atoms with Crippen molar-refractivity contribution in [2.24, 2.45) is 5.73 Å². The molecule has 0 aliphatic carbocycles. The number of halogens is 2. The largest absolute Gasteiger partial charge is 0.496 e. The van der Waals surface area contributed by atoms with Crippen LogP contribution in [0.5, 0.6) is 5.75 Å².